The minimum atomic E-state index is -0.285. The van der Waals surface area contributed by atoms with Crippen molar-refractivity contribution in [3.8, 4) is 0 Å². The van der Waals surface area contributed by atoms with Crippen molar-refractivity contribution in [3.63, 3.8) is 0 Å². The van der Waals surface area contributed by atoms with Crippen LogP contribution in [0, 0.1) is 19.3 Å². The molecule has 6 heteroatoms. The number of amides is 1. The van der Waals surface area contributed by atoms with E-state index in [1.165, 1.54) is 10.9 Å². The number of aryl methyl sites for hydroxylation is 2. The predicted octanol–water partition coefficient (Wildman–Crippen LogP) is 3.20. The topological polar surface area (TPSA) is 65.1 Å². The van der Waals surface area contributed by atoms with E-state index in [-0.39, 0.29) is 11.3 Å². The Bertz CT molecular complexity index is 1040. The number of aromatic nitrogens is 3. The van der Waals surface area contributed by atoms with Crippen molar-refractivity contribution < 1.29 is 4.79 Å². The summed E-state index contributed by atoms with van der Waals surface area (Å²) < 4.78 is 0. The molecular weight excluding hydrogens is 350 g/mol. The van der Waals surface area contributed by atoms with Gasteiger partial charge in [0.25, 0.3) is 0 Å². The van der Waals surface area contributed by atoms with Gasteiger partial charge in [0.05, 0.1) is 5.41 Å². The van der Waals surface area contributed by atoms with Gasteiger partial charge in [0.15, 0.2) is 0 Å². The average Bonchev–Trinajstić information content (AvgIpc) is 3.36. The molecule has 2 aliphatic heterocycles. The summed E-state index contributed by atoms with van der Waals surface area (Å²) in [6.07, 6.45) is 3.83. The zero-order valence-corrected chi connectivity index (χ0v) is 16.4. The van der Waals surface area contributed by atoms with E-state index in [9.17, 15) is 4.79 Å². The summed E-state index contributed by atoms with van der Waals surface area (Å²) in [4.78, 5) is 30.1. The summed E-state index contributed by atoms with van der Waals surface area (Å²) in [6.45, 7) is 7.04. The standard InChI is InChI=1S/C22H25N5O/c1-15-11-16(2)25-21(24-15)27-10-8-22(14-27)7-9-26(20(22)28)13-17-12-23-19-6-4-3-5-18(17)19/h3-6,11-12,23H,7-10,13-14H2,1-2H3. The molecule has 0 radical (unpaired) electrons. The zero-order chi connectivity index (χ0) is 19.3. The number of nitrogens with zero attached hydrogens (tertiary/aromatic N) is 4. The Morgan fingerprint density at radius 3 is 2.68 bits per heavy atom. The van der Waals surface area contributed by atoms with Crippen molar-refractivity contribution >= 4 is 22.8 Å². The number of anilines is 1. The van der Waals surface area contributed by atoms with Crippen LogP contribution in [0.4, 0.5) is 5.95 Å². The Balaban J connectivity index is 1.34. The molecule has 2 saturated heterocycles. The highest BCUT2D eigenvalue weighted by Gasteiger charge is 2.51. The minimum absolute atomic E-state index is 0.282. The normalized spacial score (nSPS) is 22.1. The highest BCUT2D eigenvalue weighted by molar-refractivity contribution is 5.88. The van der Waals surface area contributed by atoms with Crippen LogP contribution in [-0.2, 0) is 11.3 Å². The molecule has 1 atom stereocenters. The minimum Gasteiger partial charge on any atom is -0.361 e. The second-order valence-corrected chi connectivity index (χ2v) is 8.24. The number of likely N-dealkylation sites (tertiary alicyclic amines) is 1. The number of nitrogens with one attached hydrogen (secondary N) is 1. The molecule has 1 spiro atoms. The van der Waals surface area contributed by atoms with E-state index >= 15 is 0 Å². The van der Waals surface area contributed by atoms with Crippen molar-refractivity contribution in [1.29, 1.82) is 0 Å². The van der Waals surface area contributed by atoms with Crippen LogP contribution < -0.4 is 4.90 Å². The van der Waals surface area contributed by atoms with Gasteiger partial charge in [-0.1, -0.05) is 18.2 Å². The molecule has 0 saturated carbocycles. The Morgan fingerprint density at radius 2 is 1.86 bits per heavy atom. The first-order valence-electron chi connectivity index (χ1n) is 9.96. The van der Waals surface area contributed by atoms with Crippen LogP contribution >= 0.6 is 0 Å². The molecule has 3 aromatic rings. The average molecular weight is 375 g/mol. The number of aromatic amines is 1. The fourth-order valence-corrected chi connectivity index (χ4v) is 4.78. The van der Waals surface area contributed by atoms with Gasteiger partial charge in [-0.05, 0) is 44.4 Å². The van der Waals surface area contributed by atoms with Gasteiger partial charge in [0.2, 0.25) is 11.9 Å². The molecule has 28 heavy (non-hydrogen) atoms. The number of fused-ring (bicyclic) bond motifs is 1. The van der Waals surface area contributed by atoms with Gasteiger partial charge in [-0.25, -0.2) is 9.97 Å². The van der Waals surface area contributed by atoms with Gasteiger partial charge in [-0.15, -0.1) is 0 Å². The maximum atomic E-state index is 13.4. The molecule has 1 aromatic carbocycles. The molecule has 4 heterocycles. The summed E-state index contributed by atoms with van der Waals surface area (Å²) in [5, 5.41) is 1.20. The first-order valence-corrected chi connectivity index (χ1v) is 9.96. The number of rotatable bonds is 3. The van der Waals surface area contributed by atoms with Crippen LogP contribution in [0.3, 0.4) is 0 Å². The Hall–Kier alpha value is -2.89. The number of H-pyrrole nitrogens is 1. The van der Waals surface area contributed by atoms with E-state index in [1.807, 2.05) is 43.1 Å². The Morgan fingerprint density at radius 1 is 1.11 bits per heavy atom. The number of para-hydroxylation sites is 1. The predicted molar refractivity (Wildman–Crippen MR) is 109 cm³/mol. The van der Waals surface area contributed by atoms with Gasteiger partial charge >= 0.3 is 0 Å². The molecule has 1 N–H and O–H groups in total. The van der Waals surface area contributed by atoms with Gasteiger partial charge in [0, 0.05) is 54.7 Å². The molecule has 6 nitrogen and oxygen atoms in total. The van der Waals surface area contributed by atoms with Gasteiger partial charge in [0.1, 0.15) is 0 Å². The third-order valence-electron chi connectivity index (χ3n) is 6.24. The molecule has 1 amide bonds. The molecule has 1 unspecified atom stereocenters. The molecular formula is C22H25N5O. The van der Waals surface area contributed by atoms with Crippen molar-refractivity contribution in [1.82, 2.24) is 19.9 Å². The number of benzene rings is 1. The summed E-state index contributed by atoms with van der Waals surface area (Å²) in [6, 6.07) is 10.3. The van der Waals surface area contributed by atoms with E-state index in [0.29, 0.717) is 6.54 Å². The van der Waals surface area contributed by atoms with Crippen LogP contribution in [-0.4, -0.2) is 45.4 Å². The molecule has 2 fully saturated rings. The third-order valence-corrected chi connectivity index (χ3v) is 6.24. The lowest BCUT2D eigenvalue weighted by Gasteiger charge is -2.24. The summed E-state index contributed by atoms with van der Waals surface area (Å²) in [5.74, 6) is 1.04. The summed E-state index contributed by atoms with van der Waals surface area (Å²) >= 11 is 0. The van der Waals surface area contributed by atoms with Crippen LogP contribution in [0.2, 0.25) is 0 Å². The Kier molecular flexibility index (Phi) is 3.89. The fraction of sp³-hybridized carbons (Fsp3) is 0.409. The van der Waals surface area contributed by atoms with Crippen molar-refractivity contribution in [3.05, 3.63) is 53.5 Å². The third kappa shape index (κ3) is 2.75. The molecule has 0 bridgehead atoms. The molecule has 144 valence electrons. The van der Waals surface area contributed by atoms with Gasteiger partial charge < -0.3 is 14.8 Å². The summed E-state index contributed by atoms with van der Waals surface area (Å²) in [7, 11) is 0. The van der Waals surface area contributed by atoms with Crippen LogP contribution in [0.1, 0.15) is 29.8 Å². The van der Waals surface area contributed by atoms with E-state index in [1.54, 1.807) is 0 Å². The lowest BCUT2D eigenvalue weighted by molar-refractivity contribution is -0.135. The van der Waals surface area contributed by atoms with E-state index < -0.39 is 0 Å². The highest BCUT2D eigenvalue weighted by Crippen LogP contribution is 2.42. The highest BCUT2D eigenvalue weighted by atomic mass is 16.2. The fourth-order valence-electron chi connectivity index (χ4n) is 4.78. The maximum Gasteiger partial charge on any atom is 0.231 e. The van der Waals surface area contributed by atoms with E-state index in [0.717, 1.165) is 55.3 Å². The first-order chi connectivity index (χ1) is 13.5. The van der Waals surface area contributed by atoms with E-state index in [4.69, 9.17) is 0 Å². The second-order valence-electron chi connectivity index (χ2n) is 8.24. The Labute approximate surface area is 164 Å². The van der Waals surface area contributed by atoms with Crippen molar-refractivity contribution in [2.75, 3.05) is 24.5 Å². The van der Waals surface area contributed by atoms with Crippen molar-refractivity contribution in [2.45, 2.75) is 33.2 Å². The van der Waals surface area contributed by atoms with Crippen molar-refractivity contribution in [2.24, 2.45) is 5.41 Å². The molecule has 2 aliphatic rings. The quantitative estimate of drug-likeness (QED) is 0.763. The lowest BCUT2D eigenvalue weighted by atomic mass is 9.85. The lowest BCUT2D eigenvalue weighted by Crippen LogP contribution is -2.37. The number of hydrogen-bond acceptors (Lipinski definition) is 4. The number of carbonyl (C=O) groups is 1. The zero-order valence-electron chi connectivity index (χ0n) is 16.4. The van der Waals surface area contributed by atoms with Crippen LogP contribution in [0.15, 0.2) is 36.5 Å². The number of hydrogen-bond donors (Lipinski definition) is 1. The molecule has 0 aliphatic carbocycles. The van der Waals surface area contributed by atoms with E-state index in [2.05, 4.69) is 32.0 Å². The monoisotopic (exact) mass is 375 g/mol. The van der Waals surface area contributed by atoms with Gasteiger partial charge in [-0.2, -0.15) is 0 Å². The van der Waals surface area contributed by atoms with Crippen LogP contribution in [0.5, 0.6) is 0 Å². The number of carbonyl (C=O) groups excluding carboxylic acids is 1. The van der Waals surface area contributed by atoms with Gasteiger partial charge in [-0.3, -0.25) is 4.79 Å². The largest absolute Gasteiger partial charge is 0.361 e. The second kappa shape index (κ2) is 6.33. The maximum absolute atomic E-state index is 13.4. The van der Waals surface area contributed by atoms with Crippen LogP contribution in [0.25, 0.3) is 10.9 Å². The SMILES string of the molecule is Cc1cc(C)nc(N2CCC3(CCN(Cc4c[nH]c5ccccc45)C3=O)C2)n1. The smallest absolute Gasteiger partial charge is 0.231 e. The molecule has 2 aromatic heterocycles. The first kappa shape index (κ1) is 17.2. The molecule has 5 rings (SSSR count). The summed E-state index contributed by atoms with van der Waals surface area (Å²) in [5.41, 5.74) is 3.98.